The fourth-order valence-corrected chi connectivity index (χ4v) is 14.5. The molecular weight excluding hydrogens is 944 g/mol. The molecule has 1 aliphatic heterocycles. The average Bonchev–Trinajstić information content (AvgIpc) is 4.25. The van der Waals surface area contributed by atoms with Crippen molar-refractivity contribution >= 4 is 12.6 Å². The van der Waals surface area contributed by atoms with E-state index in [1.807, 2.05) is 0 Å². The quantitative estimate of drug-likeness (QED) is 0.0669. The van der Waals surface area contributed by atoms with Crippen LogP contribution in [-0.4, -0.2) is 18.3 Å². The van der Waals surface area contributed by atoms with Crippen molar-refractivity contribution < 1.29 is 9.31 Å². The minimum Gasteiger partial charge on any atom is -0.399 e. The predicted octanol–water partition coefficient (Wildman–Crippen LogP) is 20.7. The molecule has 1 saturated heterocycles. The van der Waals surface area contributed by atoms with Gasteiger partial charge >= 0.3 is 7.12 Å². The SMILES string of the molecule is CC(C)CCC1(CCC(C)C)c2ccccc2-c2ccc(-c3ccc4c(c3)C(CCC(C)C)(CCC(C)C)c3cc(-c5ccc6c(c5)C(CCC(C)C)(CCC(C)C)c5cc(B7OC(C)(C)C(C)(C)O7)ccc5-6)ccc3-4)cc21. The van der Waals surface area contributed by atoms with Gasteiger partial charge in [-0.15, -0.1) is 0 Å². The van der Waals surface area contributed by atoms with Crippen LogP contribution < -0.4 is 5.46 Å². The van der Waals surface area contributed by atoms with Crippen LogP contribution in [0.1, 0.15) is 221 Å². The van der Waals surface area contributed by atoms with Crippen molar-refractivity contribution in [1.29, 1.82) is 0 Å². The summed E-state index contributed by atoms with van der Waals surface area (Å²) in [5.74, 6) is 3.73. The summed E-state index contributed by atoms with van der Waals surface area (Å²) in [6.45, 7) is 37.6. The molecule has 0 N–H and O–H groups in total. The lowest BCUT2D eigenvalue weighted by Gasteiger charge is -2.35. The molecule has 6 aromatic rings. The van der Waals surface area contributed by atoms with Gasteiger partial charge in [0.2, 0.25) is 0 Å². The Labute approximate surface area is 474 Å². The molecule has 4 aliphatic rings. The summed E-state index contributed by atoms with van der Waals surface area (Å²) in [4.78, 5) is 0. The normalized spacial score (nSPS) is 17.6. The lowest BCUT2D eigenvalue weighted by Crippen LogP contribution is -2.41. The second kappa shape index (κ2) is 21.7. The van der Waals surface area contributed by atoms with Crippen molar-refractivity contribution in [3.05, 3.63) is 149 Å². The summed E-state index contributed by atoms with van der Waals surface area (Å²) in [5.41, 5.74) is 23.3. The minimum atomic E-state index is -0.398. The van der Waals surface area contributed by atoms with Crippen molar-refractivity contribution in [2.75, 3.05) is 0 Å². The second-order valence-corrected chi connectivity index (χ2v) is 28.8. The van der Waals surface area contributed by atoms with Crippen molar-refractivity contribution in [3.63, 3.8) is 0 Å². The average molecular weight is 1040 g/mol. The van der Waals surface area contributed by atoms with Crippen molar-refractivity contribution in [1.82, 2.24) is 0 Å². The predicted molar refractivity (Wildman–Crippen MR) is 336 cm³/mol. The van der Waals surface area contributed by atoms with E-state index in [4.69, 9.17) is 9.31 Å². The lowest BCUT2D eigenvalue weighted by atomic mass is 9.67. The Hall–Kier alpha value is -4.70. The standard InChI is InChI=1S/C75H97BO2/c1-48(2)31-37-73(38-32-49(3)4)65-20-18-17-19-59(65)60-26-21-54(43-66(60)73)55-22-27-61-62-28-23-56(45-68(62)74(67(61)44-55,39-33-50(5)6)40-34-51(7)8)57-24-29-63-64-30-25-58(76-77-71(13,14)72(15,16)78-76)47-70(64)75(69(63)46-57,41-35-52(9)10)42-36-53(11)12/h17-30,43-53H,31-42H2,1-16H3. The van der Waals surface area contributed by atoms with Gasteiger partial charge in [-0.05, 0) is 259 Å². The fraction of sp³-hybridized carbons (Fsp3) is 0.520. The molecule has 412 valence electrons. The Bertz CT molecular complexity index is 3090. The van der Waals surface area contributed by atoms with E-state index in [2.05, 4.69) is 226 Å². The monoisotopic (exact) mass is 1040 g/mol. The molecule has 0 saturated carbocycles. The van der Waals surface area contributed by atoms with E-state index >= 15 is 0 Å². The maximum Gasteiger partial charge on any atom is 0.494 e. The Balaban J connectivity index is 1.10. The molecule has 0 atom stereocenters. The summed E-state index contributed by atoms with van der Waals surface area (Å²) < 4.78 is 13.5. The van der Waals surface area contributed by atoms with E-state index in [0.29, 0.717) is 35.5 Å². The Morgan fingerprint density at radius 3 is 0.872 bits per heavy atom. The van der Waals surface area contributed by atoms with Crippen LogP contribution in [0, 0.1) is 35.5 Å². The van der Waals surface area contributed by atoms with E-state index in [-0.39, 0.29) is 16.2 Å². The third-order valence-electron chi connectivity index (χ3n) is 20.1. The van der Waals surface area contributed by atoms with Gasteiger partial charge in [-0.1, -0.05) is 174 Å². The molecule has 78 heavy (non-hydrogen) atoms. The third kappa shape index (κ3) is 10.2. The van der Waals surface area contributed by atoms with Crippen molar-refractivity contribution in [2.24, 2.45) is 35.5 Å². The summed E-state index contributed by atoms with van der Waals surface area (Å²) in [6, 6.07) is 47.1. The van der Waals surface area contributed by atoms with Gasteiger partial charge in [0.25, 0.3) is 0 Å². The zero-order chi connectivity index (χ0) is 55.7. The van der Waals surface area contributed by atoms with Gasteiger partial charge in [0.15, 0.2) is 0 Å². The van der Waals surface area contributed by atoms with Crippen LogP contribution in [-0.2, 0) is 25.6 Å². The smallest absolute Gasteiger partial charge is 0.399 e. The van der Waals surface area contributed by atoms with E-state index < -0.39 is 18.3 Å². The highest BCUT2D eigenvalue weighted by Crippen LogP contribution is 2.60. The first-order chi connectivity index (χ1) is 37.0. The zero-order valence-corrected chi connectivity index (χ0v) is 51.3. The molecule has 0 aromatic heterocycles. The highest BCUT2D eigenvalue weighted by atomic mass is 16.7. The van der Waals surface area contributed by atoms with Crippen LogP contribution in [0.25, 0.3) is 55.6 Å². The lowest BCUT2D eigenvalue weighted by molar-refractivity contribution is 0.00578. The van der Waals surface area contributed by atoms with Gasteiger partial charge in [0.1, 0.15) is 0 Å². The van der Waals surface area contributed by atoms with Crippen LogP contribution in [0.4, 0.5) is 0 Å². The molecule has 0 amide bonds. The molecule has 1 heterocycles. The van der Waals surface area contributed by atoms with E-state index in [9.17, 15) is 0 Å². The van der Waals surface area contributed by atoms with Crippen LogP contribution >= 0.6 is 0 Å². The van der Waals surface area contributed by atoms with Gasteiger partial charge < -0.3 is 9.31 Å². The van der Waals surface area contributed by atoms with Gasteiger partial charge in [0.05, 0.1) is 11.2 Å². The maximum atomic E-state index is 6.74. The van der Waals surface area contributed by atoms with E-state index in [1.54, 1.807) is 22.3 Å². The zero-order valence-electron chi connectivity index (χ0n) is 51.3. The summed E-state index contributed by atoms with van der Waals surface area (Å²) >= 11 is 0. The highest BCUT2D eigenvalue weighted by molar-refractivity contribution is 6.62. The van der Waals surface area contributed by atoms with Gasteiger partial charge in [-0.25, -0.2) is 0 Å². The molecule has 3 aliphatic carbocycles. The Kier molecular flexibility index (Phi) is 15.7. The van der Waals surface area contributed by atoms with Crippen LogP contribution in [0.15, 0.2) is 115 Å². The minimum absolute atomic E-state index is 0.0260. The molecule has 2 nitrogen and oxygen atoms in total. The molecule has 1 fully saturated rings. The molecule has 0 bridgehead atoms. The first-order valence-corrected chi connectivity index (χ1v) is 31.2. The molecule has 10 rings (SSSR count). The van der Waals surface area contributed by atoms with Gasteiger partial charge in [-0.2, -0.15) is 0 Å². The molecule has 6 aromatic carbocycles. The van der Waals surface area contributed by atoms with Crippen LogP contribution in [0.3, 0.4) is 0 Å². The Morgan fingerprint density at radius 1 is 0.308 bits per heavy atom. The number of hydrogen-bond acceptors (Lipinski definition) is 2. The molecule has 0 unspecified atom stereocenters. The van der Waals surface area contributed by atoms with Gasteiger partial charge in [0, 0.05) is 16.2 Å². The molecular formula is C75H97BO2. The van der Waals surface area contributed by atoms with Gasteiger partial charge in [-0.3, -0.25) is 0 Å². The topological polar surface area (TPSA) is 18.5 Å². The summed E-state index contributed by atoms with van der Waals surface area (Å²) in [7, 11) is -0.393. The number of fused-ring (bicyclic) bond motifs is 9. The maximum absolute atomic E-state index is 6.74. The number of hydrogen-bond donors (Lipinski definition) is 0. The molecule has 0 radical (unpaired) electrons. The van der Waals surface area contributed by atoms with E-state index in [1.165, 1.54) is 118 Å². The highest BCUT2D eigenvalue weighted by Gasteiger charge is 2.53. The van der Waals surface area contributed by atoms with Crippen LogP contribution in [0.5, 0.6) is 0 Å². The van der Waals surface area contributed by atoms with E-state index in [0.717, 1.165) is 31.1 Å². The number of rotatable bonds is 21. The summed E-state index contributed by atoms with van der Waals surface area (Å²) in [5, 5.41) is 0. The first kappa shape index (κ1) is 56.6. The largest absolute Gasteiger partial charge is 0.494 e. The van der Waals surface area contributed by atoms with Crippen LogP contribution in [0.2, 0.25) is 0 Å². The van der Waals surface area contributed by atoms with Crippen molar-refractivity contribution in [2.45, 2.75) is 215 Å². The fourth-order valence-electron chi connectivity index (χ4n) is 14.5. The summed E-state index contributed by atoms with van der Waals surface area (Å²) in [6.07, 6.45) is 14.1. The molecule has 3 heteroatoms. The second-order valence-electron chi connectivity index (χ2n) is 28.8. The third-order valence-corrected chi connectivity index (χ3v) is 20.1. The first-order valence-electron chi connectivity index (χ1n) is 31.2. The van der Waals surface area contributed by atoms with Crippen molar-refractivity contribution in [3.8, 4) is 55.6 Å². The number of benzene rings is 6. The molecule has 0 spiro atoms. The Morgan fingerprint density at radius 2 is 0.564 bits per heavy atom.